The minimum Gasteiger partial charge on any atom is -0.444 e. The van der Waals surface area contributed by atoms with Crippen LogP contribution in [0.4, 0.5) is 4.79 Å². The van der Waals surface area contributed by atoms with E-state index in [1.54, 1.807) is 0 Å². The van der Waals surface area contributed by atoms with Crippen LogP contribution in [0.2, 0.25) is 0 Å². The Morgan fingerprint density at radius 2 is 2.14 bits per heavy atom. The van der Waals surface area contributed by atoms with E-state index in [1.165, 1.54) is 9.75 Å². The molecule has 0 saturated heterocycles. The summed E-state index contributed by atoms with van der Waals surface area (Å²) >= 11 is 1.86. The lowest BCUT2D eigenvalue weighted by Crippen LogP contribution is -2.37. The number of nitrogens with one attached hydrogen (secondary N) is 2. The number of ether oxygens (including phenoxy) is 1. The number of carbonyl (C=O) groups excluding carboxylic acids is 1. The third kappa shape index (κ3) is 5.00. The second-order valence-corrected chi connectivity index (χ2v) is 7.84. The van der Waals surface area contributed by atoms with E-state index < -0.39 is 5.60 Å². The summed E-state index contributed by atoms with van der Waals surface area (Å²) in [5.74, 6) is 0. The molecule has 0 aliphatic heterocycles. The molecule has 0 spiro atoms. The molecule has 1 aliphatic carbocycles. The molecule has 1 fully saturated rings. The van der Waals surface area contributed by atoms with Crippen molar-refractivity contribution in [1.29, 1.82) is 0 Å². The third-order valence-corrected chi connectivity index (χ3v) is 4.83. The van der Waals surface area contributed by atoms with Gasteiger partial charge in [0.2, 0.25) is 0 Å². The molecule has 0 radical (unpaired) electrons. The van der Waals surface area contributed by atoms with E-state index in [0.29, 0.717) is 12.1 Å². The molecule has 0 bridgehead atoms. The zero-order chi connectivity index (χ0) is 15.6. The lowest BCUT2D eigenvalue weighted by atomic mass is 10.2. The van der Waals surface area contributed by atoms with Crippen molar-refractivity contribution in [2.75, 3.05) is 0 Å². The highest BCUT2D eigenvalue weighted by atomic mass is 32.1. The molecule has 1 amide bonds. The number of carbonyl (C=O) groups is 1. The Morgan fingerprint density at radius 3 is 2.71 bits per heavy atom. The molecule has 0 aromatic carbocycles. The highest BCUT2D eigenvalue weighted by molar-refractivity contribution is 7.12. The van der Waals surface area contributed by atoms with E-state index >= 15 is 0 Å². The van der Waals surface area contributed by atoms with Crippen molar-refractivity contribution in [2.24, 2.45) is 0 Å². The number of amides is 1. The van der Waals surface area contributed by atoms with Gasteiger partial charge in [-0.15, -0.1) is 11.3 Å². The fourth-order valence-electron chi connectivity index (χ4n) is 2.22. The average molecular weight is 310 g/mol. The highest BCUT2D eigenvalue weighted by Crippen LogP contribution is 2.29. The molecule has 4 nitrogen and oxygen atoms in total. The van der Waals surface area contributed by atoms with E-state index in [-0.39, 0.29) is 12.1 Å². The molecule has 1 heterocycles. The molecule has 5 heteroatoms. The maximum atomic E-state index is 11.7. The van der Waals surface area contributed by atoms with Gasteiger partial charge in [-0.05, 0) is 52.7 Å². The molecular formula is C16H26N2O2S. The molecule has 1 aromatic rings. The molecule has 3 unspecified atom stereocenters. The van der Waals surface area contributed by atoms with Crippen LogP contribution in [-0.2, 0) is 11.2 Å². The second-order valence-electron chi connectivity index (χ2n) is 6.64. The Morgan fingerprint density at radius 1 is 1.43 bits per heavy atom. The van der Waals surface area contributed by atoms with E-state index in [0.717, 1.165) is 12.8 Å². The first-order valence-electron chi connectivity index (χ1n) is 7.62. The van der Waals surface area contributed by atoms with Gasteiger partial charge in [-0.2, -0.15) is 0 Å². The van der Waals surface area contributed by atoms with Crippen LogP contribution >= 0.6 is 11.3 Å². The topological polar surface area (TPSA) is 50.4 Å². The molecule has 21 heavy (non-hydrogen) atoms. The minimum atomic E-state index is -0.442. The lowest BCUT2D eigenvalue weighted by molar-refractivity contribution is 0.0522. The summed E-state index contributed by atoms with van der Waals surface area (Å²) in [7, 11) is 0. The summed E-state index contributed by atoms with van der Waals surface area (Å²) in [5, 5.41) is 6.48. The first-order valence-corrected chi connectivity index (χ1v) is 8.44. The summed E-state index contributed by atoms with van der Waals surface area (Å²) in [5.41, 5.74) is -0.442. The quantitative estimate of drug-likeness (QED) is 0.873. The minimum absolute atomic E-state index is 0.188. The number of aryl methyl sites for hydroxylation is 1. The standard InChI is InChI=1S/C16H26N2O2S/c1-6-11-7-8-14(21-11)10(2)17-12-9-13(12)18-15(19)20-16(3,4)5/h7-8,10,12-13,17H,6,9H2,1-5H3,(H,18,19). The number of hydrogen-bond donors (Lipinski definition) is 2. The van der Waals surface area contributed by atoms with Gasteiger partial charge in [0.15, 0.2) is 0 Å². The van der Waals surface area contributed by atoms with Crippen LogP contribution in [0.5, 0.6) is 0 Å². The SMILES string of the molecule is CCc1ccc(C(C)NC2CC2NC(=O)OC(C)(C)C)s1. The Kier molecular flexibility index (Phi) is 4.94. The normalized spacial score (nSPS) is 22.7. The smallest absolute Gasteiger partial charge is 0.407 e. The number of hydrogen-bond acceptors (Lipinski definition) is 4. The first kappa shape index (κ1) is 16.3. The molecule has 1 saturated carbocycles. The summed E-state index contributed by atoms with van der Waals surface area (Å²) in [6.45, 7) is 9.97. The fourth-order valence-corrected chi connectivity index (χ4v) is 3.18. The Hall–Kier alpha value is -1.07. The van der Waals surface area contributed by atoms with Gasteiger partial charge >= 0.3 is 6.09 Å². The zero-order valence-corrected chi connectivity index (χ0v) is 14.3. The maximum absolute atomic E-state index is 11.7. The first-order chi connectivity index (χ1) is 9.78. The van der Waals surface area contributed by atoms with Crippen molar-refractivity contribution in [3.05, 3.63) is 21.9 Å². The monoisotopic (exact) mass is 310 g/mol. The van der Waals surface area contributed by atoms with E-state index in [4.69, 9.17) is 4.74 Å². The maximum Gasteiger partial charge on any atom is 0.407 e. The molecule has 2 N–H and O–H groups in total. The van der Waals surface area contributed by atoms with Crippen LogP contribution in [0.15, 0.2) is 12.1 Å². The number of rotatable bonds is 5. The Balaban J connectivity index is 1.75. The van der Waals surface area contributed by atoms with Crippen LogP contribution in [0, 0.1) is 0 Å². The highest BCUT2D eigenvalue weighted by Gasteiger charge is 2.40. The average Bonchev–Trinajstić information content (AvgIpc) is 2.91. The van der Waals surface area contributed by atoms with Gasteiger partial charge in [0.1, 0.15) is 5.60 Å². The molecule has 118 valence electrons. The largest absolute Gasteiger partial charge is 0.444 e. The lowest BCUT2D eigenvalue weighted by Gasteiger charge is -2.20. The zero-order valence-electron chi connectivity index (χ0n) is 13.5. The summed E-state index contributed by atoms with van der Waals surface area (Å²) in [6, 6.07) is 5.25. The number of thiophene rings is 1. The van der Waals surface area contributed by atoms with Crippen LogP contribution in [0.1, 0.15) is 56.8 Å². The summed E-state index contributed by atoms with van der Waals surface area (Å²) in [4.78, 5) is 14.5. The van der Waals surface area contributed by atoms with Crippen molar-refractivity contribution in [2.45, 2.75) is 71.2 Å². The molecule has 1 aromatic heterocycles. The fraction of sp³-hybridized carbons (Fsp3) is 0.688. The third-order valence-electron chi connectivity index (χ3n) is 3.41. The van der Waals surface area contributed by atoms with Crippen LogP contribution in [0.25, 0.3) is 0 Å². The van der Waals surface area contributed by atoms with Crippen LogP contribution in [-0.4, -0.2) is 23.8 Å². The molecule has 2 rings (SSSR count). The van der Waals surface area contributed by atoms with Crippen molar-refractivity contribution in [3.63, 3.8) is 0 Å². The predicted octanol–water partition coefficient (Wildman–Crippen LogP) is 3.63. The van der Waals surface area contributed by atoms with Gasteiger partial charge in [-0.1, -0.05) is 6.92 Å². The van der Waals surface area contributed by atoms with Crippen molar-refractivity contribution < 1.29 is 9.53 Å². The van der Waals surface area contributed by atoms with E-state index in [9.17, 15) is 4.79 Å². The van der Waals surface area contributed by atoms with Gasteiger partial charge in [0.25, 0.3) is 0 Å². The van der Waals surface area contributed by atoms with Crippen LogP contribution in [0.3, 0.4) is 0 Å². The summed E-state index contributed by atoms with van der Waals surface area (Å²) in [6.07, 6.45) is 1.73. The van der Waals surface area contributed by atoms with E-state index in [1.807, 2.05) is 32.1 Å². The van der Waals surface area contributed by atoms with Crippen molar-refractivity contribution in [1.82, 2.24) is 10.6 Å². The van der Waals surface area contributed by atoms with Crippen molar-refractivity contribution in [3.8, 4) is 0 Å². The Bertz CT molecular complexity index is 493. The van der Waals surface area contributed by atoms with Crippen molar-refractivity contribution >= 4 is 17.4 Å². The van der Waals surface area contributed by atoms with Crippen LogP contribution < -0.4 is 10.6 Å². The second kappa shape index (κ2) is 6.36. The Labute approximate surface area is 131 Å². The molecule has 3 atom stereocenters. The number of alkyl carbamates (subject to hydrolysis) is 1. The molecular weight excluding hydrogens is 284 g/mol. The molecule has 1 aliphatic rings. The van der Waals surface area contributed by atoms with Gasteiger partial charge in [0, 0.05) is 27.9 Å². The van der Waals surface area contributed by atoms with Gasteiger partial charge in [-0.25, -0.2) is 4.79 Å². The summed E-state index contributed by atoms with van der Waals surface area (Å²) < 4.78 is 5.27. The van der Waals surface area contributed by atoms with Gasteiger partial charge < -0.3 is 15.4 Å². The van der Waals surface area contributed by atoms with E-state index in [2.05, 4.69) is 36.6 Å². The van der Waals surface area contributed by atoms with Gasteiger partial charge in [-0.3, -0.25) is 0 Å². The van der Waals surface area contributed by atoms with Gasteiger partial charge in [0.05, 0.1) is 0 Å². The predicted molar refractivity (Wildman–Crippen MR) is 86.8 cm³/mol.